The molecule has 1 aromatic rings. The van der Waals surface area contributed by atoms with E-state index in [1.807, 2.05) is 16.3 Å². The summed E-state index contributed by atoms with van der Waals surface area (Å²) in [6.45, 7) is 2.83. The highest BCUT2D eigenvalue weighted by Crippen LogP contribution is 2.21. The van der Waals surface area contributed by atoms with Gasteiger partial charge in [0.2, 0.25) is 0 Å². The molecule has 2 rings (SSSR count). The van der Waals surface area contributed by atoms with Crippen molar-refractivity contribution in [2.75, 3.05) is 13.2 Å². The minimum Gasteiger partial charge on any atom is -0.384 e. The van der Waals surface area contributed by atoms with Crippen LogP contribution in [-0.4, -0.2) is 35.1 Å². The van der Waals surface area contributed by atoms with E-state index < -0.39 is 0 Å². The van der Waals surface area contributed by atoms with Crippen LogP contribution in [0.1, 0.15) is 47.8 Å². The van der Waals surface area contributed by atoms with Crippen molar-refractivity contribution in [3.63, 3.8) is 0 Å². The smallest absolute Gasteiger partial charge is 0.254 e. The first kappa shape index (κ1) is 14.1. The van der Waals surface area contributed by atoms with Gasteiger partial charge in [-0.15, -0.1) is 11.3 Å². The standard InChI is InChI=1S/C15H19NO2S/c1-12-6-3-2-4-8-16(12)15(18)13-10-14(19-11-13)7-5-9-17/h10-12,17H,2-4,6,8-9H2,1H3. The molecule has 1 aromatic heterocycles. The van der Waals surface area contributed by atoms with E-state index in [0.29, 0.717) is 6.04 Å². The zero-order chi connectivity index (χ0) is 13.7. The van der Waals surface area contributed by atoms with Gasteiger partial charge in [0.15, 0.2) is 0 Å². The minimum absolute atomic E-state index is 0.114. The van der Waals surface area contributed by atoms with Crippen LogP contribution in [-0.2, 0) is 0 Å². The first-order valence-corrected chi connectivity index (χ1v) is 7.59. The van der Waals surface area contributed by atoms with Gasteiger partial charge in [-0.1, -0.05) is 24.7 Å². The minimum atomic E-state index is -0.148. The molecule has 0 radical (unpaired) electrons. The van der Waals surface area contributed by atoms with Gasteiger partial charge in [0.25, 0.3) is 5.91 Å². The Bertz CT molecular complexity index is 498. The predicted molar refractivity (Wildman–Crippen MR) is 77.2 cm³/mol. The third-order valence-corrected chi connectivity index (χ3v) is 4.30. The van der Waals surface area contributed by atoms with Crippen molar-refractivity contribution in [2.24, 2.45) is 0 Å². The second-order valence-corrected chi connectivity index (χ2v) is 5.77. The number of rotatable bonds is 1. The van der Waals surface area contributed by atoms with Gasteiger partial charge in [-0.2, -0.15) is 0 Å². The summed E-state index contributed by atoms with van der Waals surface area (Å²) in [5.41, 5.74) is 0.723. The maximum atomic E-state index is 12.5. The summed E-state index contributed by atoms with van der Waals surface area (Å²) in [6.07, 6.45) is 4.61. The van der Waals surface area contributed by atoms with Crippen molar-refractivity contribution in [2.45, 2.75) is 38.6 Å². The zero-order valence-corrected chi connectivity index (χ0v) is 12.0. The normalized spacial score (nSPS) is 19.5. The van der Waals surface area contributed by atoms with Gasteiger partial charge in [-0.05, 0) is 25.8 Å². The third kappa shape index (κ3) is 3.59. The van der Waals surface area contributed by atoms with Crippen molar-refractivity contribution in [3.05, 3.63) is 21.9 Å². The summed E-state index contributed by atoms with van der Waals surface area (Å²) in [5, 5.41) is 10.5. The largest absolute Gasteiger partial charge is 0.384 e. The fourth-order valence-corrected chi connectivity index (χ4v) is 3.13. The van der Waals surface area contributed by atoms with Gasteiger partial charge in [-0.25, -0.2) is 0 Å². The Morgan fingerprint density at radius 1 is 1.53 bits per heavy atom. The fourth-order valence-electron chi connectivity index (χ4n) is 2.38. The summed E-state index contributed by atoms with van der Waals surface area (Å²) in [7, 11) is 0. The molecular formula is C15H19NO2S. The summed E-state index contributed by atoms with van der Waals surface area (Å²) in [5.74, 6) is 5.56. The number of hydrogen-bond acceptors (Lipinski definition) is 3. The van der Waals surface area contributed by atoms with Crippen LogP contribution >= 0.6 is 11.3 Å². The molecule has 3 nitrogen and oxygen atoms in total. The second kappa shape index (κ2) is 6.74. The Labute approximate surface area is 118 Å². The molecule has 1 aliphatic rings. The Balaban J connectivity index is 2.11. The fraction of sp³-hybridized carbons (Fsp3) is 0.533. The Hall–Kier alpha value is -1.31. The molecule has 19 heavy (non-hydrogen) atoms. The lowest BCUT2D eigenvalue weighted by atomic mass is 10.1. The Morgan fingerprint density at radius 3 is 3.16 bits per heavy atom. The molecule has 1 unspecified atom stereocenters. The monoisotopic (exact) mass is 277 g/mol. The van der Waals surface area contributed by atoms with Crippen LogP contribution in [0.4, 0.5) is 0 Å². The van der Waals surface area contributed by atoms with Crippen LogP contribution in [0.2, 0.25) is 0 Å². The van der Waals surface area contributed by atoms with E-state index in [-0.39, 0.29) is 12.5 Å². The molecule has 1 amide bonds. The number of carbonyl (C=O) groups excluding carboxylic acids is 1. The maximum absolute atomic E-state index is 12.5. The number of nitrogens with zero attached hydrogens (tertiary/aromatic N) is 1. The number of carbonyl (C=O) groups is 1. The number of aliphatic hydroxyl groups excluding tert-OH is 1. The third-order valence-electron chi connectivity index (χ3n) is 3.45. The Kier molecular flexibility index (Phi) is 5.00. The zero-order valence-electron chi connectivity index (χ0n) is 11.2. The molecule has 102 valence electrons. The van der Waals surface area contributed by atoms with Crippen molar-refractivity contribution in [1.82, 2.24) is 4.90 Å². The maximum Gasteiger partial charge on any atom is 0.254 e. The van der Waals surface area contributed by atoms with Crippen LogP contribution in [0.3, 0.4) is 0 Å². The summed E-state index contributed by atoms with van der Waals surface area (Å²) in [4.78, 5) is 15.3. The number of hydrogen-bond donors (Lipinski definition) is 1. The van der Waals surface area contributed by atoms with Gasteiger partial charge in [0.05, 0.1) is 10.4 Å². The van der Waals surface area contributed by atoms with Crippen molar-refractivity contribution < 1.29 is 9.90 Å². The molecule has 0 aliphatic carbocycles. The SMILES string of the molecule is CC1CCCCCN1C(=O)c1csc(C#CCO)c1. The van der Waals surface area contributed by atoms with E-state index in [0.717, 1.165) is 29.8 Å². The molecule has 1 atom stereocenters. The van der Waals surface area contributed by atoms with E-state index in [9.17, 15) is 4.79 Å². The highest BCUT2D eigenvalue weighted by molar-refractivity contribution is 7.10. The van der Waals surface area contributed by atoms with Gasteiger partial charge < -0.3 is 10.0 Å². The van der Waals surface area contributed by atoms with E-state index in [2.05, 4.69) is 18.8 Å². The van der Waals surface area contributed by atoms with E-state index in [1.165, 1.54) is 24.2 Å². The van der Waals surface area contributed by atoms with Gasteiger partial charge in [0, 0.05) is 18.0 Å². The summed E-state index contributed by atoms with van der Waals surface area (Å²) in [6, 6.07) is 2.15. The highest BCUT2D eigenvalue weighted by atomic mass is 32.1. The number of thiophene rings is 1. The number of aliphatic hydroxyl groups is 1. The lowest BCUT2D eigenvalue weighted by molar-refractivity contribution is 0.0698. The molecule has 0 saturated carbocycles. The van der Waals surface area contributed by atoms with Gasteiger partial charge in [-0.3, -0.25) is 4.79 Å². The quantitative estimate of drug-likeness (QED) is 0.801. The molecule has 4 heteroatoms. The Morgan fingerprint density at radius 2 is 2.37 bits per heavy atom. The molecule has 1 N–H and O–H groups in total. The van der Waals surface area contributed by atoms with Crippen molar-refractivity contribution in [1.29, 1.82) is 0 Å². The van der Waals surface area contributed by atoms with Crippen LogP contribution < -0.4 is 0 Å². The van der Waals surface area contributed by atoms with Crippen LogP contribution in [0.25, 0.3) is 0 Å². The molecule has 0 spiro atoms. The van der Waals surface area contributed by atoms with Crippen molar-refractivity contribution in [3.8, 4) is 11.8 Å². The van der Waals surface area contributed by atoms with Crippen LogP contribution in [0, 0.1) is 11.8 Å². The molecule has 0 bridgehead atoms. The van der Waals surface area contributed by atoms with Crippen LogP contribution in [0.5, 0.6) is 0 Å². The average molecular weight is 277 g/mol. The van der Waals surface area contributed by atoms with E-state index in [4.69, 9.17) is 5.11 Å². The molecule has 1 saturated heterocycles. The molecular weight excluding hydrogens is 258 g/mol. The second-order valence-electron chi connectivity index (χ2n) is 4.86. The topological polar surface area (TPSA) is 40.5 Å². The first-order chi connectivity index (χ1) is 9.22. The van der Waals surface area contributed by atoms with Crippen LogP contribution in [0.15, 0.2) is 11.4 Å². The number of likely N-dealkylation sites (tertiary alicyclic amines) is 1. The molecule has 1 fully saturated rings. The predicted octanol–water partition coefficient (Wildman–Crippen LogP) is 2.50. The molecule has 2 heterocycles. The lowest BCUT2D eigenvalue weighted by Crippen LogP contribution is -2.38. The van der Waals surface area contributed by atoms with Gasteiger partial charge >= 0.3 is 0 Å². The summed E-state index contributed by atoms with van der Waals surface area (Å²) >= 11 is 1.46. The molecule has 0 aromatic carbocycles. The lowest BCUT2D eigenvalue weighted by Gasteiger charge is -2.26. The van der Waals surface area contributed by atoms with E-state index >= 15 is 0 Å². The number of amides is 1. The van der Waals surface area contributed by atoms with Gasteiger partial charge in [0.1, 0.15) is 6.61 Å². The van der Waals surface area contributed by atoms with Crippen molar-refractivity contribution >= 4 is 17.2 Å². The van der Waals surface area contributed by atoms with E-state index in [1.54, 1.807) is 0 Å². The highest BCUT2D eigenvalue weighted by Gasteiger charge is 2.23. The average Bonchev–Trinajstić information content (AvgIpc) is 2.78. The molecule has 1 aliphatic heterocycles. The first-order valence-electron chi connectivity index (χ1n) is 6.71. The summed E-state index contributed by atoms with van der Waals surface area (Å²) < 4.78 is 0.